The van der Waals surface area contributed by atoms with Crippen LogP contribution in [0.15, 0.2) is 0 Å². The van der Waals surface area contributed by atoms with Crippen molar-refractivity contribution >= 4 is 0 Å². The Balaban J connectivity index is -0.00000000267. The Morgan fingerprint density at radius 1 is 0.714 bits per heavy atom. The molecule has 0 unspecified atom stereocenters. The summed E-state index contributed by atoms with van der Waals surface area (Å²) in [5, 5.41) is 0. The van der Waals surface area contributed by atoms with Gasteiger partial charge in [-0.3, -0.25) is 0 Å². The summed E-state index contributed by atoms with van der Waals surface area (Å²) in [7, 11) is 3.00. The Hall–Kier alpha value is 1.19. The Bertz CT molecular complexity index is 13.7. The van der Waals surface area contributed by atoms with Crippen LogP contribution in [-0.2, 0) is 21.1 Å². The fraction of sp³-hybridized carbons (Fsp3) is 1.00. The van der Waals surface area contributed by atoms with Gasteiger partial charge in [-0.25, -0.2) is 0 Å². The minimum absolute atomic E-state index is 0. The molecule has 52 valence electrons. The monoisotopic (exact) mass is 327 g/mol. The summed E-state index contributed by atoms with van der Waals surface area (Å²) >= 11 is 0. The van der Waals surface area contributed by atoms with E-state index in [1.807, 2.05) is 0 Å². The average Bonchev–Trinajstić information content (AvgIpc) is 1.50. The number of hydrogen-bond acceptors (Lipinski definition) is 2. The molecule has 0 bridgehead atoms. The minimum atomic E-state index is 0. The Morgan fingerprint density at radius 2 is 0.714 bits per heavy atom. The van der Waals surface area contributed by atoms with E-state index in [2.05, 4.69) is 11.5 Å². The quantitative estimate of drug-likeness (QED) is 0.465. The molecule has 0 rings (SSSR count). The van der Waals surface area contributed by atoms with Gasteiger partial charge in [-0.15, -0.1) is 0 Å². The molecule has 0 fully saturated rings. The smallest absolute Gasteiger partial charge is 1.00 e. The largest absolute Gasteiger partial charge is 2.00 e. The second kappa shape index (κ2) is 195. The molecular weight excluding hydrogens is 318 g/mol. The molecule has 0 radical (unpaired) electrons. The molecule has 5 heteroatoms. The third-order valence-corrected chi connectivity index (χ3v) is 0. The number of hydrogen-bond donors (Lipinski definition) is 2. The predicted molar refractivity (Wildman–Crippen MR) is 20.2 cm³/mol. The fourth-order valence-electron chi connectivity index (χ4n) is 0. The van der Waals surface area contributed by atoms with Crippen molar-refractivity contribution in [1.82, 2.24) is 0 Å². The van der Waals surface area contributed by atoms with Crippen molar-refractivity contribution in [3.63, 3.8) is 0 Å². The fourth-order valence-corrected chi connectivity index (χ4v) is 0. The van der Waals surface area contributed by atoms with Gasteiger partial charge in [0, 0.05) is 0 Å². The van der Waals surface area contributed by atoms with Gasteiger partial charge in [-0.2, -0.15) is 0 Å². The molecule has 7 heavy (non-hydrogen) atoms. The second-order valence-electron chi connectivity index (χ2n) is 0. The molecule has 0 aromatic carbocycles. The first-order valence-electron chi connectivity index (χ1n) is 1.15. The standard InChI is InChI=1S/2CH5N.2ClH.Pt/c2*1-2;;;/h2*2H2,1H3;2*1H;/q;;;;+2/p-2. The van der Waals surface area contributed by atoms with Gasteiger partial charge in [-0.1, -0.05) is 0 Å². The van der Waals surface area contributed by atoms with Crippen LogP contribution in [0.4, 0.5) is 0 Å². The Labute approximate surface area is 71.5 Å². The van der Waals surface area contributed by atoms with Crippen molar-refractivity contribution in [1.29, 1.82) is 0 Å². The molecule has 0 atom stereocenters. The van der Waals surface area contributed by atoms with Crippen LogP contribution in [0, 0.1) is 0 Å². The van der Waals surface area contributed by atoms with E-state index >= 15 is 0 Å². The topological polar surface area (TPSA) is 52.0 Å². The molecule has 0 aromatic rings. The molecular formula is C2H10Cl2N2Pt. The van der Waals surface area contributed by atoms with E-state index in [1.165, 1.54) is 14.1 Å². The number of halogens is 2. The zero-order chi connectivity index (χ0) is 4.00. The zero-order valence-corrected chi connectivity index (χ0v) is 8.01. The van der Waals surface area contributed by atoms with E-state index in [-0.39, 0.29) is 45.9 Å². The van der Waals surface area contributed by atoms with Crippen molar-refractivity contribution in [2.24, 2.45) is 11.5 Å². The van der Waals surface area contributed by atoms with Crippen molar-refractivity contribution in [2.75, 3.05) is 14.1 Å². The second-order valence-corrected chi connectivity index (χ2v) is 0. The average molecular weight is 328 g/mol. The summed E-state index contributed by atoms with van der Waals surface area (Å²) in [6, 6.07) is 0. The molecule has 4 N–H and O–H groups in total. The maximum Gasteiger partial charge on any atom is 2.00 e. The summed E-state index contributed by atoms with van der Waals surface area (Å²) in [6.07, 6.45) is 0. The summed E-state index contributed by atoms with van der Waals surface area (Å²) < 4.78 is 0. The van der Waals surface area contributed by atoms with Crippen LogP contribution in [0.25, 0.3) is 0 Å². The zero-order valence-electron chi connectivity index (χ0n) is 4.23. The first-order chi connectivity index (χ1) is 2.00. The van der Waals surface area contributed by atoms with E-state index in [1.54, 1.807) is 0 Å². The van der Waals surface area contributed by atoms with Crippen molar-refractivity contribution < 1.29 is 45.9 Å². The van der Waals surface area contributed by atoms with Crippen LogP contribution in [0.2, 0.25) is 0 Å². The number of nitrogens with two attached hydrogens (primary N) is 2. The van der Waals surface area contributed by atoms with E-state index in [0.29, 0.717) is 0 Å². The molecule has 0 saturated heterocycles. The van der Waals surface area contributed by atoms with Crippen LogP contribution in [0.3, 0.4) is 0 Å². The predicted octanol–water partition coefficient (Wildman–Crippen LogP) is -6.84. The van der Waals surface area contributed by atoms with E-state index < -0.39 is 0 Å². The first-order valence-corrected chi connectivity index (χ1v) is 1.15. The van der Waals surface area contributed by atoms with E-state index in [9.17, 15) is 0 Å². The third kappa shape index (κ3) is 137. The first kappa shape index (κ1) is 41.6. The molecule has 2 nitrogen and oxygen atoms in total. The van der Waals surface area contributed by atoms with Crippen LogP contribution < -0.4 is 36.3 Å². The third-order valence-electron chi connectivity index (χ3n) is 0. The van der Waals surface area contributed by atoms with Gasteiger partial charge in [0.05, 0.1) is 0 Å². The van der Waals surface area contributed by atoms with Gasteiger partial charge < -0.3 is 36.3 Å². The van der Waals surface area contributed by atoms with Crippen molar-refractivity contribution in [3.05, 3.63) is 0 Å². The van der Waals surface area contributed by atoms with Crippen molar-refractivity contribution in [3.8, 4) is 0 Å². The number of rotatable bonds is 0. The SMILES string of the molecule is CN.CN.[Cl-].[Cl-].[Pt+2]. The van der Waals surface area contributed by atoms with Gasteiger partial charge in [-0.05, 0) is 14.1 Å². The molecule has 0 aliphatic carbocycles. The molecule has 0 aromatic heterocycles. The summed E-state index contributed by atoms with van der Waals surface area (Å²) in [5.41, 5.74) is 9.00. The van der Waals surface area contributed by atoms with Crippen LogP contribution in [0.5, 0.6) is 0 Å². The van der Waals surface area contributed by atoms with Gasteiger partial charge in [0.1, 0.15) is 0 Å². The molecule has 0 spiro atoms. The van der Waals surface area contributed by atoms with Gasteiger partial charge in [0.15, 0.2) is 0 Å². The van der Waals surface area contributed by atoms with Crippen LogP contribution in [-0.4, -0.2) is 14.1 Å². The Kier molecular flexibility index (Phi) is 1160. The summed E-state index contributed by atoms with van der Waals surface area (Å²) in [5.74, 6) is 0. The van der Waals surface area contributed by atoms with Crippen LogP contribution >= 0.6 is 0 Å². The molecule has 0 amide bonds. The normalized spacial score (nSPS) is 1.71. The maximum absolute atomic E-state index is 4.50. The summed E-state index contributed by atoms with van der Waals surface area (Å²) in [6.45, 7) is 0. The maximum atomic E-state index is 4.50. The van der Waals surface area contributed by atoms with Crippen LogP contribution in [0.1, 0.15) is 0 Å². The minimum Gasteiger partial charge on any atom is -1.00 e. The van der Waals surface area contributed by atoms with Gasteiger partial charge in [0.25, 0.3) is 0 Å². The van der Waals surface area contributed by atoms with Crippen molar-refractivity contribution in [2.45, 2.75) is 0 Å². The molecule has 0 aliphatic rings. The van der Waals surface area contributed by atoms with E-state index in [0.717, 1.165) is 0 Å². The van der Waals surface area contributed by atoms with Gasteiger partial charge >= 0.3 is 21.1 Å². The van der Waals surface area contributed by atoms with E-state index in [4.69, 9.17) is 0 Å². The Morgan fingerprint density at radius 3 is 0.714 bits per heavy atom. The molecule has 0 aliphatic heterocycles. The van der Waals surface area contributed by atoms with Gasteiger partial charge in [0.2, 0.25) is 0 Å². The summed E-state index contributed by atoms with van der Waals surface area (Å²) in [4.78, 5) is 0. The molecule has 0 saturated carbocycles. The molecule has 0 heterocycles.